The highest BCUT2D eigenvalue weighted by Gasteiger charge is 2.51. The molecule has 0 atom stereocenters. The van der Waals surface area contributed by atoms with Gasteiger partial charge in [0.2, 0.25) is 0 Å². The molecule has 1 heterocycles. The fourth-order valence-corrected chi connectivity index (χ4v) is 2.57. The van der Waals surface area contributed by atoms with E-state index >= 15 is 0 Å². The average Bonchev–Trinajstić information content (AvgIpc) is 2.87. The third-order valence-corrected chi connectivity index (χ3v) is 4.96. The first-order chi connectivity index (χ1) is 13.0. The van der Waals surface area contributed by atoms with E-state index < -0.39 is 30.3 Å². The minimum atomic E-state index is -0.746. The Morgan fingerprint density at radius 3 is 2.25 bits per heavy atom. The fraction of sp³-hybridized carbons (Fsp3) is 0.474. The monoisotopic (exact) mass is 391 g/mol. The molecule has 0 spiro atoms. The third kappa shape index (κ3) is 4.55. The molecule has 1 fully saturated rings. The van der Waals surface area contributed by atoms with Crippen LogP contribution in [0.2, 0.25) is 0 Å². The smallest absolute Gasteiger partial charge is 0.466 e. The summed E-state index contributed by atoms with van der Waals surface area (Å²) in [4.78, 5) is 23.4. The molecule has 0 radical (unpaired) electrons. The van der Waals surface area contributed by atoms with Crippen LogP contribution in [0.15, 0.2) is 30.0 Å². The number of carbonyl (C=O) groups excluding carboxylic acids is 2. The quantitative estimate of drug-likeness (QED) is 0.423. The molecule has 0 aliphatic carbocycles. The highest BCUT2D eigenvalue weighted by molar-refractivity contribution is 6.62. The van der Waals surface area contributed by atoms with Gasteiger partial charge in [-0.15, -0.1) is 0 Å². The van der Waals surface area contributed by atoms with Gasteiger partial charge < -0.3 is 29.2 Å². The minimum absolute atomic E-state index is 0.118. The molecule has 1 aliphatic heterocycles. The van der Waals surface area contributed by atoms with Crippen LogP contribution in [0.1, 0.15) is 33.3 Å². The van der Waals surface area contributed by atoms with E-state index in [1.165, 1.54) is 14.2 Å². The summed E-state index contributed by atoms with van der Waals surface area (Å²) < 4.78 is 21.3. The summed E-state index contributed by atoms with van der Waals surface area (Å²) in [5, 5.41) is 12.6. The van der Waals surface area contributed by atoms with Crippen molar-refractivity contribution in [1.82, 2.24) is 0 Å². The fourth-order valence-electron chi connectivity index (χ4n) is 2.57. The predicted molar refractivity (Wildman–Crippen MR) is 104 cm³/mol. The van der Waals surface area contributed by atoms with Crippen LogP contribution >= 0.6 is 0 Å². The summed E-state index contributed by atoms with van der Waals surface area (Å²) in [6.07, 6.45) is 0.981. The molecular weight excluding hydrogens is 365 g/mol. The number of anilines is 1. The predicted octanol–water partition coefficient (Wildman–Crippen LogP) is 1.12. The van der Waals surface area contributed by atoms with Crippen molar-refractivity contribution in [3.8, 4) is 0 Å². The summed E-state index contributed by atoms with van der Waals surface area (Å²) in [6.45, 7) is 7.51. The zero-order valence-electron chi connectivity index (χ0n) is 17.0. The van der Waals surface area contributed by atoms with Gasteiger partial charge in [-0.2, -0.15) is 0 Å². The molecule has 0 aromatic heterocycles. The molecule has 8 nitrogen and oxygen atoms in total. The molecule has 0 unspecified atom stereocenters. The lowest BCUT2D eigenvalue weighted by molar-refractivity contribution is -0.138. The average molecular weight is 391 g/mol. The van der Waals surface area contributed by atoms with Crippen molar-refractivity contribution >= 4 is 30.2 Å². The molecule has 1 aromatic carbocycles. The maximum atomic E-state index is 11.9. The van der Waals surface area contributed by atoms with E-state index in [9.17, 15) is 14.7 Å². The number of hydrogen-bond acceptors (Lipinski definition) is 8. The van der Waals surface area contributed by atoms with E-state index in [1.807, 2.05) is 27.7 Å². The summed E-state index contributed by atoms with van der Waals surface area (Å²) in [5.74, 6) is -1.46. The molecule has 1 aromatic rings. The van der Waals surface area contributed by atoms with Crippen molar-refractivity contribution in [3.05, 3.63) is 35.5 Å². The van der Waals surface area contributed by atoms with E-state index in [4.69, 9.17) is 9.31 Å². The van der Waals surface area contributed by atoms with Gasteiger partial charge in [-0.05, 0) is 39.2 Å². The second-order valence-corrected chi connectivity index (χ2v) is 7.36. The Kier molecular flexibility index (Phi) is 6.54. The van der Waals surface area contributed by atoms with E-state index in [1.54, 1.807) is 18.2 Å². The van der Waals surface area contributed by atoms with Crippen LogP contribution in [0.5, 0.6) is 0 Å². The van der Waals surface area contributed by atoms with Gasteiger partial charge in [-0.1, -0.05) is 12.1 Å². The molecule has 152 valence electrons. The first-order valence-corrected chi connectivity index (χ1v) is 8.79. The van der Waals surface area contributed by atoms with Crippen LogP contribution in [-0.2, 0) is 35.0 Å². The number of hydrogen-bond donors (Lipinski definition) is 2. The highest BCUT2D eigenvalue weighted by atomic mass is 16.7. The van der Waals surface area contributed by atoms with E-state index in [2.05, 4.69) is 14.8 Å². The number of methoxy groups -OCH3 is 2. The van der Waals surface area contributed by atoms with Gasteiger partial charge in [-0.25, -0.2) is 9.59 Å². The molecule has 0 bridgehead atoms. The minimum Gasteiger partial charge on any atom is -0.466 e. The van der Waals surface area contributed by atoms with E-state index in [0.29, 0.717) is 11.3 Å². The second-order valence-electron chi connectivity index (χ2n) is 7.36. The molecule has 2 rings (SSSR count). The Hall–Kier alpha value is -2.36. The van der Waals surface area contributed by atoms with Crippen molar-refractivity contribution in [3.63, 3.8) is 0 Å². The van der Waals surface area contributed by atoms with Gasteiger partial charge in [0, 0.05) is 11.3 Å². The lowest BCUT2D eigenvalue weighted by Gasteiger charge is -2.32. The molecule has 0 amide bonds. The Bertz CT molecular complexity index is 772. The summed E-state index contributed by atoms with van der Waals surface area (Å²) >= 11 is 0. The zero-order chi connectivity index (χ0) is 21.1. The number of carbonyl (C=O) groups is 2. The number of benzene rings is 1. The summed E-state index contributed by atoms with van der Waals surface area (Å²) in [6, 6.07) is 5.15. The number of ether oxygens (including phenoxy) is 2. The standard InChI is InChI=1S/C19H26BNO7/c1-18(2)19(3,4)28-20(27-18)13-7-8-14(12(9-13)11-22)21-15(17(24)26-6)10-16(23)25-5/h7-10,21-22H,11H2,1-6H3/b15-10+. The lowest BCUT2D eigenvalue weighted by Crippen LogP contribution is -2.41. The summed E-state index contributed by atoms with van der Waals surface area (Å²) in [5.41, 5.74) is 0.553. The topological polar surface area (TPSA) is 103 Å². The molecule has 1 aliphatic rings. The zero-order valence-corrected chi connectivity index (χ0v) is 17.0. The van der Waals surface area contributed by atoms with Crippen molar-refractivity contribution in [2.24, 2.45) is 0 Å². The van der Waals surface area contributed by atoms with Crippen molar-refractivity contribution in [1.29, 1.82) is 0 Å². The number of aliphatic hydroxyl groups is 1. The van der Waals surface area contributed by atoms with Crippen LogP contribution in [0.4, 0.5) is 5.69 Å². The Balaban J connectivity index is 2.32. The number of aliphatic hydroxyl groups excluding tert-OH is 1. The number of rotatable bonds is 6. The molecule has 1 saturated heterocycles. The molecule has 2 N–H and O–H groups in total. The second kappa shape index (κ2) is 8.34. The van der Waals surface area contributed by atoms with Crippen LogP contribution in [0, 0.1) is 0 Å². The van der Waals surface area contributed by atoms with Gasteiger partial charge >= 0.3 is 19.1 Å². The highest BCUT2D eigenvalue weighted by Crippen LogP contribution is 2.36. The number of esters is 2. The third-order valence-electron chi connectivity index (χ3n) is 4.96. The largest absolute Gasteiger partial charge is 0.494 e. The number of nitrogens with one attached hydrogen (secondary N) is 1. The SMILES string of the molecule is COC(=O)/C=C(/Nc1ccc(B2OC(C)(C)C(C)(C)O2)cc1CO)C(=O)OC. The maximum absolute atomic E-state index is 11.9. The first-order valence-electron chi connectivity index (χ1n) is 8.79. The molecule has 9 heteroatoms. The van der Waals surface area contributed by atoms with Crippen LogP contribution in [0.3, 0.4) is 0 Å². The van der Waals surface area contributed by atoms with Crippen LogP contribution in [0.25, 0.3) is 0 Å². The van der Waals surface area contributed by atoms with Crippen molar-refractivity contribution in [2.45, 2.75) is 45.5 Å². The molecule has 28 heavy (non-hydrogen) atoms. The summed E-state index contributed by atoms with van der Waals surface area (Å²) in [7, 11) is 1.81. The lowest BCUT2D eigenvalue weighted by atomic mass is 9.78. The van der Waals surface area contributed by atoms with Crippen molar-refractivity contribution in [2.75, 3.05) is 19.5 Å². The Morgan fingerprint density at radius 1 is 1.14 bits per heavy atom. The van der Waals surface area contributed by atoms with Crippen molar-refractivity contribution < 1.29 is 33.5 Å². The van der Waals surface area contributed by atoms with Gasteiger partial charge in [-0.3, -0.25) is 0 Å². The van der Waals surface area contributed by atoms with Crippen LogP contribution in [-0.4, -0.2) is 49.6 Å². The van der Waals surface area contributed by atoms with Gasteiger partial charge in [0.25, 0.3) is 0 Å². The van der Waals surface area contributed by atoms with Gasteiger partial charge in [0.15, 0.2) is 0 Å². The maximum Gasteiger partial charge on any atom is 0.494 e. The van der Waals surface area contributed by atoms with Crippen LogP contribution < -0.4 is 10.8 Å². The van der Waals surface area contributed by atoms with E-state index in [-0.39, 0.29) is 12.3 Å². The molecule has 0 saturated carbocycles. The normalized spacial score (nSPS) is 18.0. The molecular formula is C19H26BNO7. The van der Waals surface area contributed by atoms with Gasteiger partial charge in [0.1, 0.15) is 5.70 Å². The Labute approximate surface area is 164 Å². The van der Waals surface area contributed by atoms with Gasteiger partial charge in [0.05, 0.1) is 38.1 Å². The van der Waals surface area contributed by atoms with E-state index in [0.717, 1.165) is 11.5 Å². The Morgan fingerprint density at radius 2 is 1.75 bits per heavy atom. The first kappa shape index (κ1) is 21.9.